The minimum atomic E-state index is -0.416. The van der Waals surface area contributed by atoms with Crippen LogP contribution in [-0.4, -0.2) is 27.7 Å². The van der Waals surface area contributed by atoms with Gasteiger partial charge in [0, 0.05) is 0 Å². The monoisotopic (exact) mass is 390 g/mol. The molecule has 0 aliphatic rings. The molecule has 1 aromatic carbocycles. The number of hydrogen-bond acceptors (Lipinski definition) is 2. The summed E-state index contributed by atoms with van der Waals surface area (Å²) in [7, 11) is 0. The molecule has 0 saturated carbocycles. The predicted octanol–water partition coefficient (Wildman–Crippen LogP) is 2.00. The molecule has 1 atom stereocenters. The van der Waals surface area contributed by atoms with Crippen LogP contribution in [0.2, 0.25) is 15.1 Å². The molecule has 2 aromatic rings. The van der Waals surface area contributed by atoms with E-state index in [1.54, 1.807) is 18.2 Å². The summed E-state index contributed by atoms with van der Waals surface area (Å²) in [5, 5.41) is 1.32. The van der Waals surface area contributed by atoms with Crippen LogP contribution in [0.3, 0.4) is 0 Å². The van der Waals surface area contributed by atoms with E-state index >= 15 is 0 Å². The van der Waals surface area contributed by atoms with Crippen molar-refractivity contribution in [2.75, 3.05) is 0 Å². The third kappa shape index (κ3) is 3.47. The first kappa shape index (κ1) is 15.7. The number of rotatable bonds is 3. The second-order valence-corrected chi connectivity index (χ2v) is 6.50. The summed E-state index contributed by atoms with van der Waals surface area (Å²) in [4.78, 5) is 15.3. The Balaban J connectivity index is 2.51. The van der Waals surface area contributed by atoms with Gasteiger partial charge in [0.15, 0.2) is 0 Å². The van der Waals surface area contributed by atoms with E-state index in [0.29, 0.717) is 20.8 Å². The number of pyridine rings is 1. The Kier molecular flexibility index (Phi) is 4.98. The molecule has 0 spiro atoms. The molecular weight excluding hydrogens is 381 g/mol. The van der Waals surface area contributed by atoms with Gasteiger partial charge in [-0.15, -0.1) is 0 Å². The van der Waals surface area contributed by atoms with Gasteiger partial charge in [-0.2, -0.15) is 0 Å². The fourth-order valence-electron chi connectivity index (χ4n) is 1.77. The van der Waals surface area contributed by atoms with Crippen LogP contribution in [0.5, 0.6) is 0 Å². The average molecular weight is 392 g/mol. The van der Waals surface area contributed by atoms with Gasteiger partial charge in [0.05, 0.1) is 0 Å². The molecule has 0 radical (unpaired) electrons. The molecule has 0 aliphatic carbocycles. The van der Waals surface area contributed by atoms with Gasteiger partial charge in [0.1, 0.15) is 0 Å². The van der Waals surface area contributed by atoms with E-state index in [9.17, 15) is 4.79 Å². The number of aromatic nitrogens is 1. The van der Waals surface area contributed by atoms with Crippen LogP contribution in [0.25, 0.3) is 11.1 Å². The third-order valence-electron chi connectivity index (χ3n) is 2.62. The quantitative estimate of drug-likeness (QED) is 0.643. The number of amides is 1. The molecule has 0 fully saturated rings. The molecule has 20 heavy (non-hydrogen) atoms. The number of primary amides is 1. The summed E-state index contributed by atoms with van der Waals surface area (Å²) < 4.78 is 0.788. The molecule has 1 heterocycles. The van der Waals surface area contributed by atoms with Gasteiger partial charge in [-0.05, 0) is 0 Å². The number of halogens is 3. The molecule has 1 amide bonds. The van der Waals surface area contributed by atoms with E-state index in [0.717, 1.165) is 15.6 Å². The zero-order chi connectivity index (χ0) is 14.9. The van der Waals surface area contributed by atoms with Crippen LogP contribution in [0.4, 0.5) is 0 Å². The van der Waals surface area contributed by atoms with Crippen molar-refractivity contribution in [2.24, 2.45) is 5.73 Å². The Bertz CT molecular complexity index is 692. The fourth-order valence-corrected chi connectivity index (χ4v) is 3.35. The Morgan fingerprint density at radius 1 is 1.20 bits per heavy atom. The van der Waals surface area contributed by atoms with Crippen LogP contribution in [0, 0.1) is 0 Å². The van der Waals surface area contributed by atoms with Crippen molar-refractivity contribution in [2.45, 2.75) is 6.42 Å². The Labute approximate surface area is 139 Å². The zero-order valence-electron chi connectivity index (χ0n) is 10.2. The summed E-state index contributed by atoms with van der Waals surface area (Å²) in [5.74, 6) is -0.416. The molecule has 0 bridgehead atoms. The number of benzene rings is 1. The van der Waals surface area contributed by atoms with E-state index in [2.05, 4.69) is 4.98 Å². The second kappa shape index (κ2) is 6.36. The number of nitrogens with two attached hydrogens (primary N) is 1. The van der Waals surface area contributed by atoms with Crippen molar-refractivity contribution in [3.8, 4) is 11.1 Å². The van der Waals surface area contributed by atoms with Crippen LogP contribution in [-0.2, 0) is 11.2 Å². The first-order valence-electron chi connectivity index (χ1n) is 5.57. The van der Waals surface area contributed by atoms with Gasteiger partial charge >= 0.3 is 140 Å². The van der Waals surface area contributed by atoms with Crippen molar-refractivity contribution >= 4 is 62.0 Å². The minimum absolute atomic E-state index is 0.112. The number of nitrogens with zero attached hydrogens (tertiary/aromatic N) is 1. The van der Waals surface area contributed by atoms with Gasteiger partial charge < -0.3 is 0 Å². The standard InChI is InChI=1S/C13H10AsCl3N2O/c14-13-8(2-1-7(19-13)5-11(18)20)9-3-6(15)4-10(16)12(9)17/h1-4H,5,14H2,(H2,18,20). The van der Waals surface area contributed by atoms with Crippen molar-refractivity contribution in [3.05, 3.63) is 45.0 Å². The van der Waals surface area contributed by atoms with Crippen LogP contribution in [0.15, 0.2) is 24.3 Å². The van der Waals surface area contributed by atoms with E-state index < -0.39 is 5.91 Å². The maximum atomic E-state index is 10.9. The van der Waals surface area contributed by atoms with Gasteiger partial charge in [-0.25, -0.2) is 0 Å². The summed E-state index contributed by atoms with van der Waals surface area (Å²) in [6.45, 7) is 0. The maximum absolute atomic E-state index is 10.9. The molecule has 0 saturated heterocycles. The van der Waals surface area contributed by atoms with Gasteiger partial charge in [0.2, 0.25) is 0 Å². The van der Waals surface area contributed by atoms with Crippen molar-refractivity contribution in [1.29, 1.82) is 0 Å². The van der Waals surface area contributed by atoms with Gasteiger partial charge in [0.25, 0.3) is 0 Å². The summed E-state index contributed by atoms with van der Waals surface area (Å²) in [5.41, 5.74) is 7.35. The Morgan fingerprint density at radius 2 is 1.90 bits per heavy atom. The van der Waals surface area contributed by atoms with E-state index in [-0.39, 0.29) is 6.42 Å². The molecule has 0 aliphatic heterocycles. The number of carbonyl (C=O) groups is 1. The number of hydrogen-bond donors (Lipinski definition) is 1. The molecule has 104 valence electrons. The van der Waals surface area contributed by atoms with Gasteiger partial charge in [-0.1, -0.05) is 0 Å². The fraction of sp³-hybridized carbons (Fsp3) is 0.0769. The molecule has 2 N–H and O–H groups in total. The zero-order valence-corrected chi connectivity index (χ0v) is 14.9. The van der Waals surface area contributed by atoms with E-state index in [1.165, 1.54) is 16.9 Å². The molecule has 1 aromatic heterocycles. The summed E-state index contributed by atoms with van der Waals surface area (Å²) in [6, 6.07) is 6.92. The first-order chi connectivity index (χ1) is 9.38. The van der Waals surface area contributed by atoms with E-state index in [1.807, 2.05) is 6.07 Å². The van der Waals surface area contributed by atoms with Crippen molar-refractivity contribution in [3.63, 3.8) is 0 Å². The molecule has 1 unspecified atom stereocenters. The molecular formula is C13H10AsCl3N2O. The van der Waals surface area contributed by atoms with Crippen LogP contribution < -0.4 is 10.2 Å². The third-order valence-corrected chi connectivity index (χ3v) is 4.56. The topological polar surface area (TPSA) is 56.0 Å². The van der Waals surface area contributed by atoms with Crippen molar-refractivity contribution < 1.29 is 4.79 Å². The molecule has 7 heteroatoms. The molecule has 2 rings (SSSR count). The summed E-state index contributed by atoms with van der Waals surface area (Å²) in [6.07, 6.45) is 0.112. The summed E-state index contributed by atoms with van der Waals surface area (Å²) >= 11 is 19.6. The van der Waals surface area contributed by atoms with Crippen LogP contribution in [0.1, 0.15) is 5.69 Å². The van der Waals surface area contributed by atoms with E-state index in [4.69, 9.17) is 40.5 Å². The number of carbonyl (C=O) groups excluding carboxylic acids is 1. The van der Waals surface area contributed by atoms with Crippen LogP contribution >= 0.6 is 34.8 Å². The predicted molar refractivity (Wildman–Crippen MR) is 85.8 cm³/mol. The SMILES string of the molecule is NC(=O)Cc1ccc(-c2cc(Cl)cc(Cl)c2Cl)c([AsH2])n1. The molecule has 3 nitrogen and oxygen atoms in total. The normalized spacial score (nSPS) is 10.6. The Morgan fingerprint density at radius 3 is 2.50 bits per heavy atom. The first-order valence-corrected chi connectivity index (χ1v) is 7.91. The second-order valence-electron chi connectivity index (χ2n) is 4.13. The van der Waals surface area contributed by atoms with Crippen molar-refractivity contribution in [1.82, 2.24) is 4.98 Å². The van der Waals surface area contributed by atoms with Gasteiger partial charge in [-0.3, -0.25) is 0 Å². The Hall–Kier alpha value is -0.732. The average Bonchev–Trinajstić information content (AvgIpc) is 2.33.